The van der Waals surface area contributed by atoms with Gasteiger partial charge in [0.2, 0.25) is 0 Å². The van der Waals surface area contributed by atoms with Crippen LogP contribution in [-0.4, -0.2) is 42.3 Å². The summed E-state index contributed by atoms with van der Waals surface area (Å²) in [5.41, 5.74) is 0.215. The van der Waals surface area contributed by atoms with Gasteiger partial charge in [0.25, 0.3) is 5.56 Å². The zero-order valence-electron chi connectivity index (χ0n) is 21.6. The zero-order valence-corrected chi connectivity index (χ0v) is 21.6. The van der Waals surface area contributed by atoms with Crippen LogP contribution in [0.5, 0.6) is 0 Å². The normalized spacial score (nSPS) is 22.6. The number of fused-ring (bicyclic) bond motifs is 1. The molecule has 0 radical (unpaired) electrons. The Bertz CT molecular complexity index is 1540. The molecule has 1 N–H and O–H groups in total. The fraction of sp³-hybridized carbons (Fsp3) is 0.464. The van der Waals surface area contributed by atoms with Crippen LogP contribution in [0.4, 0.5) is 13.2 Å². The molecule has 38 heavy (non-hydrogen) atoms. The van der Waals surface area contributed by atoms with Gasteiger partial charge in [-0.3, -0.25) is 14.3 Å². The molecule has 0 bridgehead atoms. The Hall–Kier alpha value is -3.40. The lowest BCUT2D eigenvalue weighted by Gasteiger charge is -2.46. The summed E-state index contributed by atoms with van der Waals surface area (Å²) in [5, 5.41) is 8.34. The van der Waals surface area contributed by atoms with E-state index in [9.17, 15) is 18.0 Å². The number of aromatic amines is 1. The number of pyridine rings is 1. The van der Waals surface area contributed by atoms with E-state index < -0.39 is 22.7 Å². The van der Waals surface area contributed by atoms with Crippen LogP contribution in [0.1, 0.15) is 61.7 Å². The van der Waals surface area contributed by atoms with Gasteiger partial charge in [-0.25, -0.2) is 0 Å². The van der Waals surface area contributed by atoms with Crippen molar-refractivity contribution in [1.82, 2.24) is 29.2 Å². The Morgan fingerprint density at radius 1 is 1.13 bits per heavy atom. The van der Waals surface area contributed by atoms with Crippen LogP contribution in [0.15, 0.2) is 47.7 Å². The van der Waals surface area contributed by atoms with Crippen LogP contribution in [0, 0.1) is 5.92 Å². The van der Waals surface area contributed by atoms with Gasteiger partial charge in [-0.15, -0.1) is 10.2 Å². The van der Waals surface area contributed by atoms with Crippen molar-refractivity contribution in [2.45, 2.75) is 57.2 Å². The minimum atomic E-state index is -4.61. The summed E-state index contributed by atoms with van der Waals surface area (Å²) in [7, 11) is 1.89. The molecule has 2 fully saturated rings. The van der Waals surface area contributed by atoms with Crippen LogP contribution in [0.25, 0.3) is 16.6 Å². The number of hydrogen-bond acceptors (Lipinski definition) is 4. The molecule has 0 spiro atoms. The molecule has 1 saturated carbocycles. The molecule has 3 aromatic heterocycles. The first-order valence-electron chi connectivity index (χ1n) is 13.2. The molecular weight excluding hydrogens is 493 g/mol. The van der Waals surface area contributed by atoms with Crippen molar-refractivity contribution in [3.05, 3.63) is 75.9 Å². The molecule has 10 heteroatoms. The van der Waals surface area contributed by atoms with Crippen molar-refractivity contribution in [3.63, 3.8) is 0 Å². The highest BCUT2D eigenvalue weighted by Crippen LogP contribution is 2.51. The minimum absolute atomic E-state index is 0.0162. The van der Waals surface area contributed by atoms with Crippen LogP contribution in [0.3, 0.4) is 0 Å². The van der Waals surface area contributed by atoms with E-state index in [1.165, 1.54) is 12.5 Å². The molecule has 4 aromatic rings. The topological polar surface area (TPSA) is 71.7 Å². The summed E-state index contributed by atoms with van der Waals surface area (Å²) in [6.45, 7) is 4.48. The molecule has 6 rings (SSSR count). The van der Waals surface area contributed by atoms with Crippen LogP contribution >= 0.6 is 0 Å². The number of H-pyrrole nitrogens is 1. The molecule has 1 saturated heterocycles. The van der Waals surface area contributed by atoms with E-state index in [0.29, 0.717) is 23.8 Å². The van der Waals surface area contributed by atoms with Crippen LogP contribution in [-0.2, 0) is 25.2 Å². The maximum absolute atomic E-state index is 14.3. The maximum Gasteiger partial charge on any atom is 0.418 e. The third-order valence-electron chi connectivity index (χ3n) is 8.21. The third-order valence-corrected chi connectivity index (χ3v) is 8.21. The highest BCUT2D eigenvalue weighted by Gasteiger charge is 2.48. The van der Waals surface area contributed by atoms with E-state index in [0.717, 1.165) is 60.9 Å². The summed E-state index contributed by atoms with van der Waals surface area (Å²) in [4.78, 5) is 18.9. The Morgan fingerprint density at radius 2 is 1.89 bits per heavy atom. The molecule has 0 unspecified atom stereocenters. The predicted octanol–water partition coefficient (Wildman–Crippen LogP) is 5.17. The van der Waals surface area contributed by atoms with Gasteiger partial charge < -0.3 is 9.55 Å². The van der Waals surface area contributed by atoms with E-state index in [1.807, 2.05) is 23.7 Å². The van der Waals surface area contributed by atoms with Gasteiger partial charge in [0, 0.05) is 36.6 Å². The monoisotopic (exact) mass is 524 g/mol. The second-order valence-electron chi connectivity index (χ2n) is 11.0. The molecule has 4 heterocycles. The summed E-state index contributed by atoms with van der Waals surface area (Å²) in [5.74, 6) is 1.29. The summed E-state index contributed by atoms with van der Waals surface area (Å²) < 4.78 is 45.8. The van der Waals surface area contributed by atoms with Crippen molar-refractivity contribution in [2.75, 3.05) is 13.1 Å². The van der Waals surface area contributed by atoms with Crippen molar-refractivity contribution < 1.29 is 13.2 Å². The molecule has 200 valence electrons. The average Bonchev–Trinajstić information content (AvgIpc) is 3.48. The second kappa shape index (κ2) is 9.11. The Labute approximate surface area is 218 Å². The average molecular weight is 525 g/mol. The highest BCUT2D eigenvalue weighted by molar-refractivity contribution is 5.84. The van der Waals surface area contributed by atoms with E-state index in [4.69, 9.17) is 0 Å². The second-order valence-corrected chi connectivity index (χ2v) is 11.0. The van der Waals surface area contributed by atoms with Gasteiger partial charge >= 0.3 is 6.18 Å². The SMILES string of the molecule is Cn1cnnc1[C@]1(c2cccc(-n3cc(C(F)(F)F)c4cc(CN5CCCCC5)[nH]c4c3=O)c2)C[C@H](C)C1. The third kappa shape index (κ3) is 4.15. The van der Waals surface area contributed by atoms with Gasteiger partial charge in [-0.2, -0.15) is 13.2 Å². The largest absolute Gasteiger partial charge is 0.418 e. The maximum atomic E-state index is 14.3. The molecule has 0 atom stereocenters. The molecule has 7 nitrogen and oxygen atoms in total. The van der Waals surface area contributed by atoms with Crippen LogP contribution in [0.2, 0.25) is 0 Å². The van der Waals surface area contributed by atoms with E-state index in [2.05, 4.69) is 27.0 Å². The lowest BCUT2D eigenvalue weighted by atomic mass is 9.58. The standard InChI is InChI=1S/C28H31F3N6O/c1-18-13-27(14-18,26-34-32-17-35(26)2)19-7-6-8-21(11-19)37-16-23(28(29,30)31)22-12-20(33-24(22)25(37)38)15-36-9-4-3-5-10-36/h6-8,11-12,16-18,33H,3-5,9-10,13-15H2,1-2H3/t18-,27+. The van der Waals surface area contributed by atoms with Crippen molar-refractivity contribution in [1.29, 1.82) is 0 Å². The number of hydrogen-bond donors (Lipinski definition) is 1. The lowest BCUT2D eigenvalue weighted by molar-refractivity contribution is -0.136. The lowest BCUT2D eigenvalue weighted by Crippen LogP contribution is -2.43. The Morgan fingerprint density at radius 3 is 2.55 bits per heavy atom. The summed E-state index contributed by atoms with van der Waals surface area (Å²) in [6, 6.07) is 8.76. The quantitative estimate of drug-likeness (QED) is 0.391. The number of nitrogens with one attached hydrogen (secondary N) is 1. The Balaban J connectivity index is 1.46. The number of piperidine rings is 1. The van der Waals surface area contributed by atoms with Gasteiger partial charge in [0.1, 0.15) is 17.7 Å². The van der Waals surface area contributed by atoms with Gasteiger partial charge in [0.05, 0.1) is 11.0 Å². The van der Waals surface area contributed by atoms with Gasteiger partial charge in [-0.1, -0.05) is 25.5 Å². The predicted molar refractivity (Wildman–Crippen MR) is 138 cm³/mol. The molecule has 1 aliphatic carbocycles. The fourth-order valence-corrected chi connectivity index (χ4v) is 6.48. The highest BCUT2D eigenvalue weighted by atomic mass is 19.4. The molecule has 0 amide bonds. The number of alkyl halides is 3. The number of benzene rings is 1. The van der Waals surface area contributed by atoms with Crippen LogP contribution < -0.4 is 5.56 Å². The zero-order chi connectivity index (χ0) is 26.7. The van der Waals surface area contributed by atoms with Gasteiger partial charge in [-0.05, 0) is 68.5 Å². The number of likely N-dealkylation sites (tertiary alicyclic amines) is 1. The summed E-state index contributed by atoms with van der Waals surface area (Å²) in [6.07, 6.45) is 3.01. The number of halogens is 3. The number of rotatable bonds is 5. The first kappa shape index (κ1) is 24.9. The van der Waals surface area contributed by atoms with E-state index in [-0.39, 0.29) is 10.9 Å². The van der Waals surface area contributed by atoms with Crippen molar-refractivity contribution >= 4 is 10.9 Å². The van der Waals surface area contributed by atoms with E-state index >= 15 is 0 Å². The van der Waals surface area contributed by atoms with E-state index in [1.54, 1.807) is 18.5 Å². The smallest absolute Gasteiger partial charge is 0.353 e. The molecule has 1 aliphatic heterocycles. The number of aromatic nitrogens is 5. The number of nitrogens with zero attached hydrogens (tertiary/aromatic N) is 5. The first-order valence-corrected chi connectivity index (χ1v) is 13.2. The van der Waals surface area contributed by atoms with Crippen molar-refractivity contribution in [2.24, 2.45) is 13.0 Å². The summed E-state index contributed by atoms with van der Waals surface area (Å²) >= 11 is 0. The molecular formula is C28H31F3N6O. The number of aryl methyl sites for hydroxylation is 1. The van der Waals surface area contributed by atoms with Gasteiger partial charge in [0.15, 0.2) is 0 Å². The molecule has 2 aliphatic rings. The first-order chi connectivity index (χ1) is 18.2. The Kier molecular flexibility index (Phi) is 5.97. The minimum Gasteiger partial charge on any atom is -0.353 e. The molecule has 1 aromatic carbocycles. The fourth-order valence-electron chi connectivity index (χ4n) is 6.48. The van der Waals surface area contributed by atoms with Crippen molar-refractivity contribution in [3.8, 4) is 5.69 Å².